The molecule has 0 rings (SSSR count). The number of aliphatic hydroxyl groups is 2. The van der Waals surface area contributed by atoms with E-state index in [1.165, 1.54) is 334 Å². The van der Waals surface area contributed by atoms with Gasteiger partial charge in [-0.2, -0.15) is 0 Å². The highest BCUT2D eigenvalue weighted by Crippen LogP contribution is 2.19. The van der Waals surface area contributed by atoms with Gasteiger partial charge in [-0.3, -0.25) is 4.79 Å². The van der Waals surface area contributed by atoms with Crippen molar-refractivity contribution < 1.29 is 15.0 Å². The van der Waals surface area contributed by atoms with Crippen LogP contribution in [-0.2, 0) is 4.79 Å². The van der Waals surface area contributed by atoms with Crippen molar-refractivity contribution in [1.29, 1.82) is 0 Å². The summed E-state index contributed by atoms with van der Waals surface area (Å²) in [5.41, 5.74) is 0. The highest BCUT2D eigenvalue weighted by Gasteiger charge is 2.18. The molecule has 0 bridgehead atoms. The maximum absolute atomic E-state index is 12.5. The normalized spacial score (nSPS) is 12.8. The smallest absolute Gasteiger partial charge is 0.220 e. The minimum atomic E-state index is -0.861. The molecule has 4 heteroatoms. The van der Waals surface area contributed by atoms with Crippen LogP contribution in [0.25, 0.3) is 0 Å². The lowest BCUT2D eigenvalue weighted by Gasteiger charge is -2.19. The molecule has 3 N–H and O–H groups in total. The van der Waals surface area contributed by atoms with E-state index in [0.29, 0.717) is 6.42 Å². The first-order chi connectivity index (χ1) is 35.7. The predicted molar refractivity (Wildman–Crippen MR) is 322 cm³/mol. The molecule has 0 saturated carbocycles. The molecule has 0 aliphatic rings. The minimum Gasteiger partial charge on any atom is -0.394 e. The molecule has 0 fully saturated rings. The van der Waals surface area contributed by atoms with Crippen molar-refractivity contribution in [2.24, 2.45) is 0 Å². The highest BCUT2D eigenvalue weighted by atomic mass is 16.3. The van der Waals surface area contributed by atoms with Crippen LogP contribution in [0, 0.1) is 0 Å². The molecule has 0 aliphatic carbocycles. The zero-order chi connectivity index (χ0) is 52.0. The summed E-state index contributed by atoms with van der Waals surface area (Å²) in [6.07, 6.45) is 86.9. The Bertz CT molecular complexity index is 1060. The number of nitrogens with one attached hydrogen (secondary N) is 1. The lowest BCUT2D eigenvalue weighted by atomic mass is 10.0. The maximum Gasteiger partial charge on any atom is 0.220 e. The van der Waals surface area contributed by atoms with Gasteiger partial charge >= 0.3 is 0 Å². The van der Waals surface area contributed by atoms with E-state index in [1.54, 1.807) is 6.08 Å². The summed E-state index contributed by atoms with van der Waals surface area (Å²) in [7, 11) is 0. The van der Waals surface area contributed by atoms with Crippen LogP contribution in [0.2, 0.25) is 0 Å². The first-order valence-corrected chi connectivity index (χ1v) is 33.6. The number of allylic oxidation sites excluding steroid dienone is 3. The van der Waals surface area contributed by atoms with E-state index in [1.807, 2.05) is 6.08 Å². The second kappa shape index (κ2) is 64.2. The van der Waals surface area contributed by atoms with Crippen molar-refractivity contribution in [3.05, 3.63) is 24.3 Å². The van der Waals surface area contributed by atoms with Crippen LogP contribution in [0.4, 0.5) is 0 Å². The summed E-state index contributed by atoms with van der Waals surface area (Å²) >= 11 is 0. The first kappa shape index (κ1) is 70.9. The van der Waals surface area contributed by atoms with Crippen LogP contribution in [0.15, 0.2) is 24.3 Å². The molecule has 2 unspecified atom stereocenters. The summed E-state index contributed by atoms with van der Waals surface area (Å²) in [6, 6.07) is -0.637. The fraction of sp³-hybridized carbons (Fsp3) is 0.926. The van der Waals surface area contributed by atoms with Gasteiger partial charge in [0.05, 0.1) is 18.8 Å². The van der Waals surface area contributed by atoms with Gasteiger partial charge in [0, 0.05) is 6.42 Å². The molecule has 2 atom stereocenters. The molecular weight excluding hydrogens is 879 g/mol. The molecule has 0 aromatic rings. The summed E-state index contributed by atoms with van der Waals surface area (Å²) in [6.45, 7) is 4.35. The first-order valence-electron chi connectivity index (χ1n) is 33.6. The molecule has 1 amide bonds. The van der Waals surface area contributed by atoms with Crippen molar-refractivity contribution in [3.8, 4) is 0 Å². The van der Waals surface area contributed by atoms with Crippen molar-refractivity contribution >= 4 is 5.91 Å². The highest BCUT2D eigenvalue weighted by molar-refractivity contribution is 5.76. The van der Waals surface area contributed by atoms with Gasteiger partial charge < -0.3 is 15.5 Å². The number of unbranched alkanes of at least 4 members (excludes halogenated alkanes) is 54. The Labute approximate surface area is 453 Å². The monoisotopic (exact) mass is 1010 g/mol. The molecule has 0 aromatic carbocycles. The Balaban J connectivity index is 3.43. The molecule has 0 radical (unpaired) electrons. The molecule has 72 heavy (non-hydrogen) atoms. The van der Waals surface area contributed by atoms with Gasteiger partial charge in [-0.05, 0) is 32.1 Å². The molecule has 428 valence electrons. The lowest BCUT2D eigenvalue weighted by Crippen LogP contribution is -2.45. The topological polar surface area (TPSA) is 69.6 Å². The van der Waals surface area contributed by atoms with Gasteiger partial charge in [0.1, 0.15) is 0 Å². The van der Waals surface area contributed by atoms with Gasteiger partial charge in [0.2, 0.25) is 5.91 Å². The van der Waals surface area contributed by atoms with Crippen molar-refractivity contribution in [2.75, 3.05) is 6.61 Å². The van der Waals surface area contributed by atoms with Crippen LogP contribution >= 0.6 is 0 Å². The summed E-state index contributed by atoms with van der Waals surface area (Å²) < 4.78 is 0. The second-order valence-corrected chi connectivity index (χ2v) is 23.2. The van der Waals surface area contributed by atoms with Gasteiger partial charge in [-0.15, -0.1) is 0 Å². The lowest BCUT2D eigenvalue weighted by molar-refractivity contribution is -0.123. The molecular formula is C68H133NO3. The third-order valence-electron chi connectivity index (χ3n) is 15.9. The van der Waals surface area contributed by atoms with Crippen molar-refractivity contribution in [3.63, 3.8) is 0 Å². The third kappa shape index (κ3) is 59.7. The van der Waals surface area contributed by atoms with E-state index < -0.39 is 12.1 Å². The fourth-order valence-electron chi connectivity index (χ4n) is 10.8. The summed E-state index contributed by atoms with van der Waals surface area (Å²) in [5.74, 6) is -0.0644. The van der Waals surface area contributed by atoms with Crippen LogP contribution in [0.5, 0.6) is 0 Å². The molecule has 0 aliphatic heterocycles. The SMILES string of the molecule is CCCCCCCCCCCCCCCCCCCCCCCC/C=C/CC/C=C/C(O)C(CO)NC(=O)CCCCCCCCCCCCCCCCCCCCCCCCCCCCCCCCCC. The Morgan fingerprint density at radius 3 is 0.806 bits per heavy atom. The van der Waals surface area contributed by atoms with Crippen LogP contribution in [0.1, 0.15) is 386 Å². The number of rotatable bonds is 63. The Morgan fingerprint density at radius 1 is 0.319 bits per heavy atom. The summed E-state index contributed by atoms with van der Waals surface area (Å²) in [4.78, 5) is 12.5. The summed E-state index contributed by atoms with van der Waals surface area (Å²) in [5, 5.41) is 23.2. The fourth-order valence-corrected chi connectivity index (χ4v) is 10.8. The largest absolute Gasteiger partial charge is 0.394 e. The molecule has 0 aromatic heterocycles. The molecule has 0 saturated heterocycles. The number of aliphatic hydroxyl groups excluding tert-OH is 2. The maximum atomic E-state index is 12.5. The zero-order valence-electron chi connectivity index (χ0n) is 49.5. The third-order valence-corrected chi connectivity index (χ3v) is 15.9. The van der Waals surface area contributed by atoms with Gasteiger partial charge in [0.25, 0.3) is 0 Å². The number of carbonyl (C=O) groups is 1. The number of carbonyl (C=O) groups excluding carboxylic acids is 1. The van der Waals surface area contributed by atoms with E-state index in [4.69, 9.17) is 0 Å². The zero-order valence-corrected chi connectivity index (χ0v) is 49.5. The Hall–Kier alpha value is -1.13. The van der Waals surface area contributed by atoms with Crippen LogP contribution in [0.3, 0.4) is 0 Å². The number of hydrogen-bond donors (Lipinski definition) is 3. The molecule has 0 spiro atoms. The quantitative estimate of drug-likeness (QED) is 0.0420. The average Bonchev–Trinajstić information content (AvgIpc) is 3.39. The standard InChI is InChI=1S/C68H133NO3/c1-3-5-7-9-11-13-15-17-19-21-23-25-27-29-31-33-34-35-36-38-40-42-44-46-48-50-52-54-56-58-60-62-64-68(72)69-66(65-70)67(71)63-61-59-57-55-53-51-49-47-45-43-41-39-37-32-30-28-26-24-22-20-18-16-14-12-10-8-6-4-2/h53,55,61,63,66-67,70-71H,3-52,54,56-60,62,64-65H2,1-2H3,(H,69,72)/b55-53+,63-61+. The minimum absolute atomic E-state index is 0.0644. The van der Waals surface area contributed by atoms with Gasteiger partial charge in [0.15, 0.2) is 0 Å². The Kier molecular flexibility index (Phi) is 63.2. The van der Waals surface area contributed by atoms with Crippen LogP contribution < -0.4 is 5.32 Å². The van der Waals surface area contributed by atoms with Crippen molar-refractivity contribution in [1.82, 2.24) is 5.32 Å². The van der Waals surface area contributed by atoms with E-state index in [0.717, 1.165) is 32.1 Å². The van der Waals surface area contributed by atoms with Gasteiger partial charge in [-0.25, -0.2) is 0 Å². The second-order valence-electron chi connectivity index (χ2n) is 23.2. The average molecular weight is 1010 g/mol. The number of hydrogen-bond acceptors (Lipinski definition) is 3. The van der Waals surface area contributed by atoms with Crippen molar-refractivity contribution in [2.45, 2.75) is 398 Å². The van der Waals surface area contributed by atoms with Crippen LogP contribution in [-0.4, -0.2) is 34.9 Å². The van der Waals surface area contributed by atoms with E-state index in [2.05, 4.69) is 31.3 Å². The predicted octanol–water partition coefficient (Wildman–Crippen LogP) is 22.6. The van der Waals surface area contributed by atoms with E-state index in [9.17, 15) is 15.0 Å². The van der Waals surface area contributed by atoms with Gasteiger partial charge in [-0.1, -0.05) is 372 Å². The van der Waals surface area contributed by atoms with E-state index >= 15 is 0 Å². The molecule has 4 nitrogen and oxygen atoms in total. The van der Waals surface area contributed by atoms with E-state index in [-0.39, 0.29) is 12.5 Å². The Morgan fingerprint density at radius 2 is 0.542 bits per heavy atom. The number of amides is 1. The molecule has 0 heterocycles.